The number of nitrogens with one attached hydrogen (secondary N) is 1. The molecule has 0 radical (unpaired) electrons. The molecular weight excluding hydrogens is 412 g/mol. The number of likely N-dealkylation sites (tertiary alicyclic amines) is 1. The topological polar surface area (TPSA) is 74.6 Å². The van der Waals surface area contributed by atoms with Gasteiger partial charge in [-0.1, -0.05) is 12.8 Å². The van der Waals surface area contributed by atoms with Crippen molar-refractivity contribution < 1.29 is 13.2 Å². The number of rotatable bonds is 6. The van der Waals surface area contributed by atoms with E-state index in [9.17, 15) is 13.2 Å². The molecule has 2 aliphatic rings. The van der Waals surface area contributed by atoms with Crippen LogP contribution < -0.4 is 5.32 Å². The second kappa shape index (κ2) is 9.71. The molecule has 4 rings (SSSR count). The summed E-state index contributed by atoms with van der Waals surface area (Å²) in [5.74, 6) is -0.304. The first-order valence-corrected chi connectivity index (χ1v) is 12.9. The highest BCUT2D eigenvalue weighted by molar-refractivity contribution is 7.89. The SMILES string of the molecule is Cn1ccc2cc(S(=O)(=O)N3CCC[C@@H](C(=O)NCCN4CCCCCC4)C3)ccc21. The van der Waals surface area contributed by atoms with E-state index < -0.39 is 10.0 Å². The van der Waals surface area contributed by atoms with Crippen molar-refractivity contribution in [3.8, 4) is 0 Å². The summed E-state index contributed by atoms with van der Waals surface area (Å²) < 4.78 is 29.9. The third-order valence-corrected chi connectivity index (χ3v) is 8.54. The van der Waals surface area contributed by atoms with Gasteiger partial charge in [-0.25, -0.2) is 8.42 Å². The molecule has 2 saturated heterocycles. The van der Waals surface area contributed by atoms with Crippen LogP contribution in [0.25, 0.3) is 10.9 Å². The maximum Gasteiger partial charge on any atom is 0.243 e. The number of fused-ring (bicyclic) bond motifs is 1. The van der Waals surface area contributed by atoms with Crippen LogP contribution >= 0.6 is 0 Å². The molecule has 31 heavy (non-hydrogen) atoms. The van der Waals surface area contributed by atoms with Crippen LogP contribution in [-0.4, -0.2) is 67.4 Å². The Kier molecular flexibility index (Phi) is 6.99. The van der Waals surface area contributed by atoms with Gasteiger partial charge in [0, 0.05) is 50.3 Å². The molecule has 1 atom stereocenters. The molecule has 2 aliphatic heterocycles. The van der Waals surface area contributed by atoms with E-state index >= 15 is 0 Å². The van der Waals surface area contributed by atoms with E-state index in [4.69, 9.17) is 0 Å². The number of amides is 1. The summed E-state index contributed by atoms with van der Waals surface area (Å²) in [5, 5.41) is 3.96. The number of hydrogen-bond acceptors (Lipinski definition) is 4. The number of aromatic nitrogens is 1. The largest absolute Gasteiger partial charge is 0.355 e. The summed E-state index contributed by atoms with van der Waals surface area (Å²) >= 11 is 0. The Labute approximate surface area is 185 Å². The van der Waals surface area contributed by atoms with Crippen LogP contribution in [0.15, 0.2) is 35.4 Å². The fraction of sp³-hybridized carbons (Fsp3) is 0.609. The van der Waals surface area contributed by atoms with Crippen LogP contribution in [0.1, 0.15) is 38.5 Å². The van der Waals surface area contributed by atoms with Crippen molar-refractivity contribution in [1.82, 2.24) is 19.1 Å². The number of aryl methyl sites for hydroxylation is 1. The maximum absolute atomic E-state index is 13.2. The zero-order valence-corrected chi connectivity index (χ0v) is 19.2. The average molecular weight is 447 g/mol. The number of piperidine rings is 1. The molecule has 8 heteroatoms. The standard InChI is InChI=1S/C23H34N4O3S/c1-25-15-10-19-17-21(8-9-22(19)25)31(29,30)27-14-6-7-20(18-27)23(28)24-11-16-26-12-4-2-3-5-13-26/h8-10,15,17,20H,2-7,11-14,16,18H2,1H3,(H,24,28)/t20-/m1/s1. The van der Waals surface area contributed by atoms with E-state index in [0.717, 1.165) is 37.0 Å². The first-order chi connectivity index (χ1) is 14.9. The highest BCUT2D eigenvalue weighted by Crippen LogP contribution is 2.26. The number of carbonyl (C=O) groups excluding carboxylic acids is 1. The third kappa shape index (κ3) is 5.13. The van der Waals surface area contributed by atoms with Gasteiger partial charge in [-0.15, -0.1) is 0 Å². The van der Waals surface area contributed by atoms with Crippen molar-refractivity contribution >= 4 is 26.8 Å². The van der Waals surface area contributed by atoms with Crippen LogP contribution in [0.2, 0.25) is 0 Å². The van der Waals surface area contributed by atoms with Gasteiger partial charge in [0.05, 0.1) is 10.8 Å². The minimum Gasteiger partial charge on any atom is -0.355 e. The van der Waals surface area contributed by atoms with Gasteiger partial charge in [0.1, 0.15) is 0 Å². The molecule has 170 valence electrons. The molecule has 2 aromatic rings. The lowest BCUT2D eigenvalue weighted by Gasteiger charge is -2.31. The monoisotopic (exact) mass is 446 g/mol. The first-order valence-electron chi connectivity index (χ1n) is 11.5. The highest BCUT2D eigenvalue weighted by Gasteiger charge is 2.33. The van der Waals surface area contributed by atoms with E-state index in [-0.39, 0.29) is 18.4 Å². The van der Waals surface area contributed by atoms with Gasteiger partial charge in [-0.3, -0.25) is 4.79 Å². The second-order valence-electron chi connectivity index (χ2n) is 8.90. The van der Waals surface area contributed by atoms with Gasteiger partial charge in [0.15, 0.2) is 0 Å². The van der Waals surface area contributed by atoms with Gasteiger partial charge < -0.3 is 14.8 Å². The van der Waals surface area contributed by atoms with Gasteiger partial charge >= 0.3 is 0 Å². The Hall–Kier alpha value is -1.90. The molecule has 1 N–H and O–H groups in total. The number of nitrogens with zero attached hydrogens (tertiary/aromatic N) is 3. The van der Waals surface area contributed by atoms with E-state index in [1.54, 1.807) is 12.1 Å². The van der Waals surface area contributed by atoms with E-state index in [2.05, 4.69) is 10.2 Å². The molecule has 0 unspecified atom stereocenters. The Morgan fingerprint density at radius 3 is 2.61 bits per heavy atom. The summed E-state index contributed by atoms with van der Waals surface area (Å²) in [4.78, 5) is 15.5. The van der Waals surface area contributed by atoms with Crippen molar-refractivity contribution in [2.75, 3.05) is 39.3 Å². The molecule has 0 aliphatic carbocycles. The fourth-order valence-corrected chi connectivity index (χ4v) is 6.35. The predicted molar refractivity (Wildman–Crippen MR) is 122 cm³/mol. The van der Waals surface area contributed by atoms with Crippen LogP contribution in [0.4, 0.5) is 0 Å². The minimum absolute atomic E-state index is 0.0202. The van der Waals surface area contributed by atoms with Crippen molar-refractivity contribution in [2.24, 2.45) is 13.0 Å². The predicted octanol–water partition coefficient (Wildman–Crippen LogP) is 2.57. The Morgan fingerprint density at radius 1 is 1.06 bits per heavy atom. The number of benzene rings is 1. The molecular formula is C23H34N4O3S. The van der Waals surface area contributed by atoms with Crippen molar-refractivity contribution in [1.29, 1.82) is 0 Å². The zero-order chi connectivity index (χ0) is 21.8. The van der Waals surface area contributed by atoms with Crippen molar-refractivity contribution in [3.05, 3.63) is 30.5 Å². The van der Waals surface area contributed by atoms with Crippen molar-refractivity contribution in [3.63, 3.8) is 0 Å². The molecule has 1 amide bonds. The molecule has 0 spiro atoms. The van der Waals surface area contributed by atoms with Crippen LogP contribution in [0, 0.1) is 5.92 Å². The lowest BCUT2D eigenvalue weighted by Crippen LogP contribution is -2.46. The summed E-state index contributed by atoms with van der Waals surface area (Å²) in [7, 11) is -1.67. The van der Waals surface area contributed by atoms with Gasteiger partial charge in [-0.2, -0.15) is 4.31 Å². The normalized spacial score (nSPS) is 21.8. The fourth-order valence-electron chi connectivity index (χ4n) is 4.79. The Bertz CT molecular complexity index is 1010. The van der Waals surface area contributed by atoms with E-state index in [1.807, 2.05) is 29.9 Å². The second-order valence-corrected chi connectivity index (χ2v) is 10.8. The number of hydrogen-bond donors (Lipinski definition) is 1. The average Bonchev–Trinajstić information content (AvgIpc) is 2.97. The Balaban J connectivity index is 1.35. The van der Waals surface area contributed by atoms with Gasteiger partial charge in [-0.05, 0) is 63.0 Å². The van der Waals surface area contributed by atoms with Gasteiger partial charge in [0.25, 0.3) is 0 Å². The zero-order valence-electron chi connectivity index (χ0n) is 18.4. The van der Waals surface area contributed by atoms with Crippen LogP contribution in [0.5, 0.6) is 0 Å². The summed E-state index contributed by atoms with van der Waals surface area (Å²) in [6.07, 6.45) is 8.43. The minimum atomic E-state index is -3.62. The summed E-state index contributed by atoms with van der Waals surface area (Å²) in [5.41, 5.74) is 0.999. The smallest absolute Gasteiger partial charge is 0.243 e. The molecule has 3 heterocycles. The third-order valence-electron chi connectivity index (χ3n) is 6.68. The van der Waals surface area contributed by atoms with E-state index in [1.165, 1.54) is 30.0 Å². The highest BCUT2D eigenvalue weighted by atomic mass is 32.2. The molecule has 0 bridgehead atoms. The first kappa shape index (κ1) is 22.3. The number of carbonyl (C=O) groups is 1. The lowest BCUT2D eigenvalue weighted by atomic mass is 9.99. The Morgan fingerprint density at radius 2 is 1.84 bits per heavy atom. The summed E-state index contributed by atoms with van der Waals surface area (Å²) in [6.45, 7) is 4.44. The van der Waals surface area contributed by atoms with Crippen LogP contribution in [0.3, 0.4) is 0 Å². The number of sulfonamides is 1. The van der Waals surface area contributed by atoms with Gasteiger partial charge in [0.2, 0.25) is 15.9 Å². The van der Waals surface area contributed by atoms with Crippen LogP contribution in [-0.2, 0) is 21.9 Å². The molecule has 2 fully saturated rings. The van der Waals surface area contributed by atoms with E-state index in [0.29, 0.717) is 24.4 Å². The maximum atomic E-state index is 13.2. The van der Waals surface area contributed by atoms with Crippen molar-refractivity contribution in [2.45, 2.75) is 43.4 Å². The molecule has 7 nitrogen and oxygen atoms in total. The lowest BCUT2D eigenvalue weighted by molar-refractivity contribution is -0.126. The molecule has 1 aromatic carbocycles. The quantitative estimate of drug-likeness (QED) is 0.740. The summed E-state index contributed by atoms with van der Waals surface area (Å²) in [6, 6.07) is 7.17. The molecule has 0 saturated carbocycles. The molecule has 1 aromatic heterocycles.